The summed E-state index contributed by atoms with van der Waals surface area (Å²) in [4.78, 5) is 13.3. The van der Waals surface area contributed by atoms with Crippen LogP contribution in [0.5, 0.6) is 0 Å². The minimum Gasteiger partial charge on any atom is -0.351 e. The molecule has 0 spiro atoms. The van der Waals surface area contributed by atoms with Crippen LogP contribution >= 0.6 is 24.2 Å². The lowest BCUT2D eigenvalue weighted by molar-refractivity contribution is -0.119. The quantitative estimate of drug-likeness (QED) is 0.828. The van der Waals surface area contributed by atoms with Crippen LogP contribution in [0.15, 0.2) is 47.4 Å². The summed E-state index contributed by atoms with van der Waals surface area (Å²) in [5, 5.41) is 9.02. The van der Waals surface area contributed by atoms with Gasteiger partial charge in [0.2, 0.25) is 5.91 Å². The summed E-state index contributed by atoms with van der Waals surface area (Å²) in [6.45, 7) is 3.19. The number of fused-ring (bicyclic) bond motifs is 1. The molecule has 1 heterocycles. The summed E-state index contributed by atoms with van der Waals surface area (Å²) in [6, 6.07) is 15.3. The number of rotatable bonds is 4. The van der Waals surface area contributed by atoms with Crippen molar-refractivity contribution in [1.82, 2.24) is 10.6 Å². The lowest BCUT2D eigenvalue weighted by Crippen LogP contribution is -2.52. The lowest BCUT2D eigenvalue weighted by Gasteiger charge is -2.30. The topological polar surface area (TPSA) is 41.1 Å². The van der Waals surface area contributed by atoms with Gasteiger partial charge in [-0.1, -0.05) is 30.3 Å². The summed E-state index contributed by atoms with van der Waals surface area (Å²) in [6.07, 6.45) is 2.20. The molecule has 124 valence electrons. The van der Waals surface area contributed by atoms with Gasteiger partial charge in [0.25, 0.3) is 0 Å². The molecule has 3 nitrogen and oxygen atoms in total. The fraction of sp³-hybridized carbons (Fsp3) is 0.389. The van der Waals surface area contributed by atoms with Crippen molar-refractivity contribution in [2.24, 2.45) is 0 Å². The molecule has 3 rings (SSSR count). The average Bonchev–Trinajstić information content (AvgIpc) is 2.55. The van der Waals surface area contributed by atoms with Gasteiger partial charge in [-0.2, -0.15) is 0 Å². The summed E-state index contributed by atoms with van der Waals surface area (Å²) in [5.41, 5.74) is 0. The molecule has 0 bridgehead atoms. The summed E-state index contributed by atoms with van der Waals surface area (Å²) in [7, 11) is 0. The maximum absolute atomic E-state index is 12.1. The van der Waals surface area contributed by atoms with Gasteiger partial charge in [0, 0.05) is 17.0 Å². The van der Waals surface area contributed by atoms with Crippen molar-refractivity contribution in [3.8, 4) is 0 Å². The summed E-state index contributed by atoms with van der Waals surface area (Å²) in [5.74, 6) is 0.598. The van der Waals surface area contributed by atoms with E-state index in [4.69, 9.17) is 0 Å². The molecular weight excluding hydrogens is 328 g/mol. The zero-order valence-electron chi connectivity index (χ0n) is 13.2. The Morgan fingerprint density at radius 1 is 1.26 bits per heavy atom. The van der Waals surface area contributed by atoms with Crippen LogP contribution in [0.3, 0.4) is 0 Å². The van der Waals surface area contributed by atoms with Gasteiger partial charge in [-0.25, -0.2) is 0 Å². The van der Waals surface area contributed by atoms with E-state index in [0.29, 0.717) is 11.8 Å². The molecule has 2 unspecified atom stereocenters. The predicted molar refractivity (Wildman–Crippen MR) is 101 cm³/mol. The van der Waals surface area contributed by atoms with Crippen LogP contribution in [0, 0.1) is 0 Å². The van der Waals surface area contributed by atoms with Crippen molar-refractivity contribution >= 4 is 40.8 Å². The second-order valence-electron chi connectivity index (χ2n) is 5.86. The number of amides is 1. The Labute approximate surface area is 148 Å². The van der Waals surface area contributed by atoms with E-state index < -0.39 is 0 Å². The van der Waals surface area contributed by atoms with Crippen LogP contribution < -0.4 is 10.6 Å². The highest BCUT2D eigenvalue weighted by Crippen LogP contribution is 2.23. The first kappa shape index (κ1) is 18.1. The van der Waals surface area contributed by atoms with Crippen molar-refractivity contribution in [2.45, 2.75) is 36.7 Å². The monoisotopic (exact) mass is 350 g/mol. The van der Waals surface area contributed by atoms with Crippen LogP contribution in [-0.2, 0) is 4.79 Å². The van der Waals surface area contributed by atoms with Crippen LogP contribution in [0.4, 0.5) is 0 Å². The van der Waals surface area contributed by atoms with Crippen LogP contribution in [0.1, 0.15) is 19.8 Å². The molecule has 1 fully saturated rings. The number of carbonyl (C=O) groups excluding carboxylic acids is 1. The Kier molecular flexibility index (Phi) is 6.75. The number of halogens is 1. The van der Waals surface area contributed by atoms with Crippen molar-refractivity contribution in [3.05, 3.63) is 42.5 Å². The van der Waals surface area contributed by atoms with Gasteiger partial charge in [0.15, 0.2) is 0 Å². The van der Waals surface area contributed by atoms with Crippen LogP contribution in [0.2, 0.25) is 0 Å². The lowest BCUT2D eigenvalue weighted by atomic mass is 10.00. The zero-order valence-corrected chi connectivity index (χ0v) is 14.9. The highest BCUT2D eigenvalue weighted by atomic mass is 35.5. The SMILES string of the molecule is CC1NCCCC1NC(=O)CSc1ccc2ccccc2c1.Cl. The molecule has 0 radical (unpaired) electrons. The molecule has 2 aromatic carbocycles. The second-order valence-corrected chi connectivity index (χ2v) is 6.91. The van der Waals surface area contributed by atoms with Crippen LogP contribution in [0.25, 0.3) is 10.8 Å². The molecule has 1 aliphatic rings. The van der Waals surface area contributed by atoms with Gasteiger partial charge in [-0.3, -0.25) is 4.79 Å². The minimum absolute atomic E-state index is 0. The molecule has 1 saturated heterocycles. The van der Waals surface area contributed by atoms with Gasteiger partial charge in [0.1, 0.15) is 0 Å². The fourth-order valence-electron chi connectivity index (χ4n) is 2.90. The van der Waals surface area contributed by atoms with Gasteiger partial charge < -0.3 is 10.6 Å². The van der Waals surface area contributed by atoms with E-state index in [2.05, 4.69) is 47.9 Å². The molecule has 0 aliphatic carbocycles. The number of thioether (sulfide) groups is 1. The maximum atomic E-state index is 12.1. The first-order chi connectivity index (χ1) is 10.7. The van der Waals surface area contributed by atoms with Crippen molar-refractivity contribution in [3.63, 3.8) is 0 Å². The highest BCUT2D eigenvalue weighted by molar-refractivity contribution is 8.00. The Morgan fingerprint density at radius 2 is 2.04 bits per heavy atom. The van der Waals surface area contributed by atoms with Gasteiger partial charge in [-0.05, 0) is 49.2 Å². The standard InChI is InChI=1S/C18H22N2OS.ClH/c1-13-17(7-4-10-19-13)20-18(21)12-22-16-9-8-14-5-2-3-6-15(14)11-16;/h2-3,5-6,8-9,11,13,17,19H,4,7,10,12H2,1H3,(H,20,21);1H. The number of benzene rings is 2. The molecule has 23 heavy (non-hydrogen) atoms. The smallest absolute Gasteiger partial charge is 0.230 e. The third-order valence-corrected chi connectivity index (χ3v) is 5.19. The number of carbonyl (C=O) groups is 1. The van der Waals surface area contributed by atoms with Crippen LogP contribution in [-0.4, -0.2) is 30.3 Å². The predicted octanol–water partition coefficient (Wildman–Crippen LogP) is 3.61. The van der Waals surface area contributed by atoms with E-state index in [0.717, 1.165) is 24.3 Å². The Bertz CT molecular complexity index is 664. The Morgan fingerprint density at radius 3 is 2.83 bits per heavy atom. The average molecular weight is 351 g/mol. The number of hydrogen-bond donors (Lipinski definition) is 2. The van der Waals surface area contributed by atoms with E-state index >= 15 is 0 Å². The zero-order chi connectivity index (χ0) is 15.4. The summed E-state index contributed by atoms with van der Waals surface area (Å²) >= 11 is 1.60. The molecule has 0 saturated carbocycles. The van der Waals surface area contributed by atoms with E-state index in [1.54, 1.807) is 11.8 Å². The third-order valence-electron chi connectivity index (χ3n) is 4.20. The van der Waals surface area contributed by atoms with Crippen molar-refractivity contribution < 1.29 is 4.79 Å². The molecule has 2 aromatic rings. The van der Waals surface area contributed by atoms with E-state index in [1.807, 2.05) is 12.1 Å². The van der Waals surface area contributed by atoms with E-state index in [1.165, 1.54) is 10.8 Å². The highest BCUT2D eigenvalue weighted by Gasteiger charge is 2.22. The number of nitrogens with one attached hydrogen (secondary N) is 2. The number of piperidine rings is 1. The molecule has 1 aliphatic heterocycles. The number of hydrogen-bond acceptors (Lipinski definition) is 3. The normalized spacial score (nSPS) is 20.7. The molecule has 2 N–H and O–H groups in total. The minimum atomic E-state index is 0. The van der Waals surface area contributed by atoms with Gasteiger partial charge in [-0.15, -0.1) is 24.2 Å². The molecular formula is C18H23ClN2OS. The summed E-state index contributed by atoms with van der Waals surface area (Å²) < 4.78 is 0. The van der Waals surface area contributed by atoms with Gasteiger partial charge >= 0.3 is 0 Å². The fourth-order valence-corrected chi connectivity index (χ4v) is 3.65. The molecule has 0 aromatic heterocycles. The van der Waals surface area contributed by atoms with Crippen molar-refractivity contribution in [2.75, 3.05) is 12.3 Å². The van der Waals surface area contributed by atoms with E-state index in [-0.39, 0.29) is 24.4 Å². The Balaban J connectivity index is 0.00000192. The first-order valence-electron chi connectivity index (χ1n) is 7.87. The Hall–Kier alpha value is -1.23. The molecule has 2 atom stereocenters. The van der Waals surface area contributed by atoms with E-state index in [9.17, 15) is 4.79 Å². The molecule has 1 amide bonds. The third kappa shape index (κ3) is 4.87. The largest absolute Gasteiger partial charge is 0.351 e. The van der Waals surface area contributed by atoms with Gasteiger partial charge in [0.05, 0.1) is 5.75 Å². The first-order valence-corrected chi connectivity index (χ1v) is 8.85. The molecule has 5 heteroatoms. The maximum Gasteiger partial charge on any atom is 0.230 e. The second kappa shape index (κ2) is 8.57. The van der Waals surface area contributed by atoms with Crippen molar-refractivity contribution in [1.29, 1.82) is 0 Å².